The van der Waals surface area contributed by atoms with Gasteiger partial charge in [-0.05, 0) is 18.2 Å². The lowest BCUT2D eigenvalue weighted by Gasteiger charge is -2.06. The van der Waals surface area contributed by atoms with Crippen LogP contribution in [0.3, 0.4) is 0 Å². The average molecular weight is 346 g/mol. The summed E-state index contributed by atoms with van der Waals surface area (Å²) in [4.78, 5) is 30.7. The average Bonchev–Trinajstić information content (AvgIpc) is 3.29. The van der Waals surface area contributed by atoms with Crippen LogP contribution in [0.2, 0.25) is 0 Å². The molecular weight excluding hydrogens is 328 g/mol. The van der Waals surface area contributed by atoms with Gasteiger partial charge in [-0.3, -0.25) is 9.59 Å². The predicted molar refractivity (Wildman–Crippen MR) is 101 cm³/mol. The number of benzene rings is 2. The van der Waals surface area contributed by atoms with Crippen LogP contribution in [0.15, 0.2) is 60.8 Å². The minimum absolute atomic E-state index is 0.165. The molecule has 0 atom stereocenters. The van der Waals surface area contributed by atoms with E-state index in [4.69, 9.17) is 0 Å². The van der Waals surface area contributed by atoms with Crippen LogP contribution in [0.1, 0.15) is 20.8 Å². The van der Waals surface area contributed by atoms with Gasteiger partial charge in [0.15, 0.2) is 0 Å². The molecule has 6 heteroatoms. The lowest BCUT2D eigenvalue weighted by Crippen LogP contribution is -2.34. The van der Waals surface area contributed by atoms with E-state index >= 15 is 0 Å². The van der Waals surface area contributed by atoms with Gasteiger partial charge in [0.1, 0.15) is 5.69 Å². The van der Waals surface area contributed by atoms with E-state index in [2.05, 4.69) is 20.6 Å². The van der Waals surface area contributed by atoms with Gasteiger partial charge in [-0.15, -0.1) is 0 Å². The predicted octanol–water partition coefficient (Wildman–Crippen LogP) is 2.81. The van der Waals surface area contributed by atoms with Crippen LogP contribution in [-0.2, 0) is 0 Å². The fourth-order valence-corrected chi connectivity index (χ4v) is 3.00. The quantitative estimate of drug-likeness (QED) is 0.419. The van der Waals surface area contributed by atoms with Crippen LogP contribution in [0, 0.1) is 0 Å². The molecule has 2 aromatic carbocycles. The first kappa shape index (κ1) is 16.0. The SMILES string of the molecule is O=C(NCCNC(=O)c1c[nH]c2ccccc12)c1cc2ccccc2[nH]1. The molecule has 0 saturated heterocycles. The number of hydrogen-bond donors (Lipinski definition) is 4. The molecule has 2 aromatic heterocycles. The second-order valence-electron chi connectivity index (χ2n) is 6.03. The highest BCUT2D eigenvalue weighted by molar-refractivity contribution is 6.06. The van der Waals surface area contributed by atoms with Crippen LogP contribution in [0.5, 0.6) is 0 Å². The van der Waals surface area contributed by atoms with Crippen molar-refractivity contribution in [3.63, 3.8) is 0 Å². The zero-order chi connectivity index (χ0) is 17.9. The smallest absolute Gasteiger partial charge is 0.267 e. The second-order valence-corrected chi connectivity index (χ2v) is 6.03. The molecule has 0 radical (unpaired) electrons. The molecule has 4 aromatic rings. The number of aromatic amines is 2. The minimum Gasteiger partial charge on any atom is -0.360 e. The number of carbonyl (C=O) groups is 2. The van der Waals surface area contributed by atoms with E-state index in [0.29, 0.717) is 24.3 Å². The van der Waals surface area contributed by atoms with Gasteiger partial charge in [0.2, 0.25) is 0 Å². The first-order valence-corrected chi connectivity index (χ1v) is 8.42. The molecule has 4 N–H and O–H groups in total. The van der Waals surface area contributed by atoms with Crippen molar-refractivity contribution in [2.45, 2.75) is 0 Å². The summed E-state index contributed by atoms with van der Waals surface area (Å²) in [7, 11) is 0. The van der Waals surface area contributed by atoms with E-state index in [1.54, 1.807) is 6.20 Å². The van der Waals surface area contributed by atoms with Gasteiger partial charge >= 0.3 is 0 Å². The van der Waals surface area contributed by atoms with E-state index in [1.165, 1.54) is 0 Å². The van der Waals surface area contributed by atoms with Crippen LogP contribution in [0.4, 0.5) is 0 Å². The normalized spacial score (nSPS) is 10.9. The van der Waals surface area contributed by atoms with Crippen molar-refractivity contribution in [3.8, 4) is 0 Å². The molecule has 6 nitrogen and oxygen atoms in total. The van der Waals surface area contributed by atoms with E-state index < -0.39 is 0 Å². The molecular formula is C20H18N4O2. The van der Waals surface area contributed by atoms with Crippen molar-refractivity contribution >= 4 is 33.6 Å². The Bertz CT molecular complexity index is 1060. The fraction of sp³-hybridized carbons (Fsp3) is 0.100. The van der Waals surface area contributed by atoms with Crippen molar-refractivity contribution in [2.24, 2.45) is 0 Å². The lowest BCUT2D eigenvalue weighted by atomic mass is 10.1. The fourth-order valence-electron chi connectivity index (χ4n) is 3.00. The van der Waals surface area contributed by atoms with E-state index in [9.17, 15) is 9.59 Å². The number of amides is 2. The monoisotopic (exact) mass is 346 g/mol. The van der Waals surface area contributed by atoms with Crippen molar-refractivity contribution < 1.29 is 9.59 Å². The van der Waals surface area contributed by atoms with Crippen LogP contribution in [-0.4, -0.2) is 34.9 Å². The molecule has 0 fully saturated rings. The van der Waals surface area contributed by atoms with E-state index in [-0.39, 0.29) is 11.8 Å². The molecule has 0 aliphatic heterocycles. The van der Waals surface area contributed by atoms with Crippen LogP contribution < -0.4 is 10.6 Å². The minimum atomic E-state index is -0.192. The number of aromatic nitrogens is 2. The van der Waals surface area contributed by atoms with E-state index in [0.717, 1.165) is 21.8 Å². The molecule has 0 saturated carbocycles. The molecule has 2 heterocycles. The Morgan fingerprint density at radius 2 is 1.54 bits per heavy atom. The summed E-state index contributed by atoms with van der Waals surface area (Å²) in [6, 6.07) is 17.2. The maximum absolute atomic E-state index is 12.3. The molecule has 0 unspecified atom stereocenters. The largest absolute Gasteiger partial charge is 0.360 e. The number of hydrogen-bond acceptors (Lipinski definition) is 2. The molecule has 130 valence electrons. The summed E-state index contributed by atoms with van der Waals surface area (Å²) >= 11 is 0. The van der Waals surface area contributed by atoms with Gasteiger partial charge < -0.3 is 20.6 Å². The molecule has 4 rings (SSSR count). The third kappa shape index (κ3) is 3.04. The third-order valence-electron chi connectivity index (χ3n) is 4.30. The van der Waals surface area contributed by atoms with Gasteiger partial charge in [0.05, 0.1) is 5.56 Å². The number of fused-ring (bicyclic) bond motifs is 2. The summed E-state index contributed by atoms with van der Waals surface area (Å²) in [6.45, 7) is 0.701. The summed E-state index contributed by atoms with van der Waals surface area (Å²) in [5.74, 6) is -0.357. The topological polar surface area (TPSA) is 89.8 Å². The highest BCUT2D eigenvalue weighted by atomic mass is 16.2. The first-order chi connectivity index (χ1) is 12.7. The summed E-state index contributed by atoms with van der Waals surface area (Å²) in [6.07, 6.45) is 1.70. The first-order valence-electron chi connectivity index (χ1n) is 8.42. The van der Waals surface area contributed by atoms with Gasteiger partial charge in [0, 0.05) is 41.1 Å². The van der Waals surface area contributed by atoms with Gasteiger partial charge in [-0.2, -0.15) is 0 Å². The molecule has 2 amide bonds. The number of nitrogens with one attached hydrogen (secondary N) is 4. The molecule has 0 spiro atoms. The Hall–Kier alpha value is -3.54. The van der Waals surface area contributed by atoms with Crippen LogP contribution in [0.25, 0.3) is 21.8 Å². The second kappa shape index (κ2) is 6.76. The highest BCUT2D eigenvalue weighted by Crippen LogP contribution is 2.17. The maximum atomic E-state index is 12.3. The maximum Gasteiger partial charge on any atom is 0.267 e. The number of H-pyrrole nitrogens is 2. The molecule has 26 heavy (non-hydrogen) atoms. The number of rotatable bonds is 5. The summed E-state index contributed by atoms with van der Waals surface area (Å²) in [5, 5.41) is 7.50. The molecule has 0 bridgehead atoms. The summed E-state index contributed by atoms with van der Waals surface area (Å²) in [5.41, 5.74) is 2.95. The zero-order valence-corrected chi connectivity index (χ0v) is 14.0. The van der Waals surface area contributed by atoms with Crippen molar-refractivity contribution in [1.29, 1.82) is 0 Å². The Labute approximate surface area is 149 Å². The standard InChI is InChI=1S/C20H18N4O2/c25-19(15-12-23-17-8-4-2-6-14(15)17)21-9-10-22-20(26)18-11-13-5-1-3-7-16(13)24-18/h1-8,11-12,23-24H,9-10H2,(H,21,25)(H,22,26). The van der Waals surface area contributed by atoms with Gasteiger partial charge in [-0.1, -0.05) is 36.4 Å². The molecule has 0 aliphatic rings. The number of carbonyl (C=O) groups excluding carboxylic acids is 2. The highest BCUT2D eigenvalue weighted by Gasteiger charge is 2.12. The molecule has 0 aliphatic carbocycles. The van der Waals surface area contributed by atoms with Gasteiger partial charge in [0.25, 0.3) is 11.8 Å². The van der Waals surface area contributed by atoms with Gasteiger partial charge in [-0.25, -0.2) is 0 Å². The lowest BCUT2D eigenvalue weighted by molar-refractivity contribution is 0.0926. The Kier molecular flexibility index (Phi) is 4.15. The Balaban J connectivity index is 1.32. The zero-order valence-electron chi connectivity index (χ0n) is 14.0. The third-order valence-corrected chi connectivity index (χ3v) is 4.30. The van der Waals surface area contributed by atoms with Crippen molar-refractivity contribution in [3.05, 3.63) is 72.1 Å². The number of para-hydroxylation sites is 2. The van der Waals surface area contributed by atoms with Crippen molar-refractivity contribution in [2.75, 3.05) is 13.1 Å². The summed E-state index contributed by atoms with van der Waals surface area (Å²) < 4.78 is 0. The Morgan fingerprint density at radius 3 is 2.35 bits per heavy atom. The van der Waals surface area contributed by atoms with Crippen molar-refractivity contribution in [1.82, 2.24) is 20.6 Å². The van der Waals surface area contributed by atoms with Crippen LogP contribution >= 0.6 is 0 Å². The van der Waals surface area contributed by atoms with E-state index in [1.807, 2.05) is 54.6 Å². The Morgan fingerprint density at radius 1 is 0.846 bits per heavy atom.